The van der Waals surface area contributed by atoms with Crippen molar-refractivity contribution in [1.82, 2.24) is 0 Å². The maximum atomic E-state index is 12.3. The van der Waals surface area contributed by atoms with Crippen LogP contribution in [0.5, 0.6) is 5.75 Å². The molecule has 0 aliphatic rings. The molecule has 0 heterocycles. The van der Waals surface area contributed by atoms with Gasteiger partial charge in [-0.15, -0.1) is 0 Å². The van der Waals surface area contributed by atoms with Crippen molar-refractivity contribution >= 4 is 17.3 Å². The summed E-state index contributed by atoms with van der Waals surface area (Å²) in [5.74, 6) is 0.653. The Morgan fingerprint density at radius 1 is 1.08 bits per heavy atom. The average molecular weight is 340 g/mol. The molecule has 134 valence electrons. The summed E-state index contributed by atoms with van der Waals surface area (Å²) in [6, 6.07) is 12.1. The molecule has 4 heteroatoms. The Hall–Kier alpha value is -2.49. The van der Waals surface area contributed by atoms with Crippen LogP contribution in [0, 0.1) is 6.92 Å². The van der Waals surface area contributed by atoms with Crippen LogP contribution < -0.4 is 15.4 Å². The maximum Gasteiger partial charge on any atom is 0.226 e. The predicted molar refractivity (Wildman–Crippen MR) is 105 cm³/mol. The number of hydrogen-bond acceptors (Lipinski definition) is 3. The normalized spacial score (nSPS) is 10.4. The molecule has 0 saturated carbocycles. The third-order valence-electron chi connectivity index (χ3n) is 4.28. The van der Waals surface area contributed by atoms with E-state index in [0.29, 0.717) is 18.7 Å². The molecule has 2 rings (SSSR count). The molecular formula is C21H28N2O2. The summed E-state index contributed by atoms with van der Waals surface area (Å²) >= 11 is 0. The van der Waals surface area contributed by atoms with E-state index < -0.39 is 0 Å². The Bertz CT molecular complexity index is 704. The van der Waals surface area contributed by atoms with Crippen LogP contribution in [0.25, 0.3) is 0 Å². The van der Waals surface area contributed by atoms with Crippen LogP contribution in [-0.2, 0) is 17.6 Å². The predicted octanol–water partition coefficient (Wildman–Crippen LogP) is 4.57. The van der Waals surface area contributed by atoms with Gasteiger partial charge in [0.05, 0.1) is 12.8 Å². The second-order valence-electron chi connectivity index (χ2n) is 6.09. The molecule has 0 saturated heterocycles. The zero-order chi connectivity index (χ0) is 18.2. The van der Waals surface area contributed by atoms with E-state index in [1.165, 1.54) is 16.8 Å². The Morgan fingerprint density at radius 3 is 2.36 bits per heavy atom. The fraction of sp³-hybridized carbons (Fsp3) is 0.381. The smallest absolute Gasteiger partial charge is 0.226 e. The van der Waals surface area contributed by atoms with Gasteiger partial charge in [-0.1, -0.05) is 38.1 Å². The number of amides is 1. The number of para-hydroxylation sites is 1. The van der Waals surface area contributed by atoms with Gasteiger partial charge in [0.1, 0.15) is 5.75 Å². The molecule has 2 aromatic rings. The minimum Gasteiger partial charge on any atom is -0.495 e. The Balaban J connectivity index is 1.97. The summed E-state index contributed by atoms with van der Waals surface area (Å²) in [5, 5.41) is 6.39. The number of aryl methyl sites for hydroxylation is 3. The summed E-state index contributed by atoms with van der Waals surface area (Å²) in [7, 11) is 1.61. The fourth-order valence-electron chi connectivity index (χ4n) is 2.90. The minimum atomic E-state index is -0.0246. The Kier molecular flexibility index (Phi) is 6.87. The Morgan fingerprint density at radius 2 is 1.76 bits per heavy atom. The Labute approximate surface area is 150 Å². The van der Waals surface area contributed by atoms with Crippen LogP contribution in [0.4, 0.5) is 11.4 Å². The van der Waals surface area contributed by atoms with Crippen molar-refractivity contribution in [3.05, 3.63) is 53.1 Å². The molecule has 2 aromatic carbocycles. The van der Waals surface area contributed by atoms with Crippen LogP contribution in [0.1, 0.15) is 37.0 Å². The molecule has 0 bridgehead atoms. The van der Waals surface area contributed by atoms with E-state index in [9.17, 15) is 4.79 Å². The van der Waals surface area contributed by atoms with Crippen LogP contribution in [0.15, 0.2) is 36.4 Å². The molecular weight excluding hydrogens is 312 g/mol. The number of nitrogens with one attached hydrogen (secondary N) is 2. The average Bonchev–Trinajstić information content (AvgIpc) is 2.62. The van der Waals surface area contributed by atoms with Crippen molar-refractivity contribution in [3.8, 4) is 5.75 Å². The maximum absolute atomic E-state index is 12.3. The van der Waals surface area contributed by atoms with Crippen molar-refractivity contribution in [2.45, 2.75) is 40.0 Å². The third kappa shape index (κ3) is 4.99. The second kappa shape index (κ2) is 9.11. The summed E-state index contributed by atoms with van der Waals surface area (Å²) in [4.78, 5) is 12.3. The van der Waals surface area contributed by atoms with E-state index in [2.05, 4.69) is 42.7 Å². The standard InChI is InChI=1S/C21H28N2O2/c1-5-16-8-7-9-17(6-2)21(16)22-13-12-20(24)23-18-14-15(3)10-11-19(18)25-4/h7-11,14,22H,5-6,12-13H2,1-4H3,(H,23,24). The van der Waals surface area contributed by atoms with Gasteiger partial charge in [-0.2, -0.15) is 0 Å². The van der Waals surface area contributed by atoms with Gasteiger partial charge in [0, 0.05) is 18.7 Å². The molecule has 0 aromatic heterocycles. The van der Waals surface area contributed by atoms with Gasteiger partial charge in [0.2, 0.25) is 5.91 Å². The molecule has 0 fully saturated rings. The summed E-state index contributed by atoms with van der Waals surface area (Å²) in [6.07, 6.45) is 2.35. The van der Waals surface area contributed by atoms with Gasteiger partial charge in [0.25, 0.3) is 0 Å². The van der Waals surface area contributed by atoms with E-state index in [0.717, 1.165) is 24.1 Å². The van der Waals surface area contributed by atoms with Gasteiger partial charge in [-0.3, -0.25) is 4.79 Å². The lowest BCUT2D eigenvalue weighted by atomic mass is 10.0. The number of anilines is 2. The number of rotatable bonds is 8. The highest BCUT2D eigenvalue weighted by Crippen LogP contribution is 2.25. The lowest BCUT2D eigenvalue weighted by Crippen LogP contribution is -2.17. The topological polar surface area (TPSA) is 50.4 Å². The lowest BCUT2D eigenvalue weighted by molar-refractivity contribution is -0.116. The van der Waals surface area contributed by atoms with Gasteiger partial charge in [-0.25, -0.2) is 0 Å². The van der Waals surface area contributed by atoms with Crippen molar-refractivity contribution in [1.29, 1.82) is 0 Å². The second-order valence-corrected chi connectivity index (χ2v) is 6.09. The van der Waals surface area contributed by atoms with Gasteiger partial charge in [-0.05, 0) is 48.6 Å². The number of carbonyl (C=O) groups is 1. The van der Waals surface area contributed by atoms with Gasteiger partial charge >= 0.3 is 0 Å². The van der Waals surface area contributed by atoms with Crippen molar-refractivity contribution in [3.63, 3.8) is 0 Å². The van der Waals surface area contributed by atoms with Crippen molar-refractivity contribution in [2.24, 2.45) is 0 Å². The molecule has 0 spiro atoms. The fourth-order valence-corrected chi connectivity index (χ4v) is 2.90. The molecule has 0 radical (unpaired) electrons. The minimum absolute atomic E-state index is 0.0246. The first-order valence-corrected chi connectivity index (χ1v) is 8.88. The zero-order valence-corrected chi connectivity index (χ0v) is 15.6. The van der Waals surface area contributed by atoms with Gasteiger partial charge < -0.3 is 15.4 Å². The van der Waals surface area contributed by atoms with Crippen LogP contribution >= 0.6 is 0 Å². The quantitative estimate of drug-likeness (QED) is 0.740. The summed E-state index contributed by atoms with van der Waals surface area (Å²) in [5.41, 5.74) is 5.56. The van der Waals surface area contributed by atoms with Gasteiger partial charge in [0.15, 0.2) is 0 Å². The van der Waals surface area contributed by atoms with Crippen LogP contribution in [0.2, 0.25) is 0 Å². The number of ether oxygens (including phenoxy) is 1. The molecule has 25 heavy (non-hydrogen) atoms. The largest absolute Gasteiger partial charge is 0.495 e. The highest BCUT2D eigenvalue weighted by molar-refractivity contribution is 5.92. The summed E-state index contributed by atoms with van der Waals surface area (Å²) < 4.78 is 5.31. The molecule has 0 atom stereocenters. The molecule has 0 unspecified atom stereocenters. The van der Waals surface area contributed by atoms with Crippen LogP contribution in [0.3, 0.4) is 0 Å². The molecule has 0 aliphatic heterocycles. The first kappa shape index (κ1) is 18.8. The van der Waals surface area contributed by atoms with E-state index in [-0.39, 0.29) is 5.91 Å². The van der Waals surface area contributed by atoms with E-state index in [4.69, 9.17) is 4.74 Å². The highest BCUT2D eigenvalue weighted by atomic mass is 16.5. The third-order valence-corrected chi connectivity index (χ3v) is 4.28. The van der Waals surface area contributed by atoms with Crippen LogP contribution in [-0.4, -0.2) is 19.6 Å². The first-order chi connectivity index (χ1) is 12.1. The molecule has 0 aliphatic carbocycles. The summed E-state index contributed by atoms with van der Waals surface area (Å²) in [6.45, 7) is 6.89. The molecule has 4 nitrogen and oxygen atoms in total. The number of benzene rings is 2. The van der Waals surface area contributed by atoms with E-state index >= 15 is 0 Å². The van der Waals surface area contributed by atoms with Crippen molar-refractivity contribution in [2.75, 3.05) is 24.3 Å². The van der Waals surface area contributed by atoms with E-state index in [1.807, 2.05) is 25.1 Å². The molecule has 2 N–H and O–H groups in total. The first-order valence-electron chi connectivity index (χ1n) is 8.88. The van der Waals surface area contributed by atoms with E-state index in [1.54, 1.807) is 7.11 Å². The lowest BCUT2D eigenvalue weighted by Gasteiger charge is -2.16. The highest BCUT2D eigenvalue weighted by Gasteiger charge is 2.09. The molecule has 1 amide bonds. The number of carbonyl (C=O) groups excluding carboxylic acids is 1. The number of methoxy groups -OCH3 is 1. The number of hydrogen-bond donors (Lipinski definition) is 2. The SMILES string of the molecule is CCc1cccc(CC)c1NCCC(=O)Nc1cc(C)ccc1OC. The van der Waals surface area contributed by atoms with Crippen molar-refractivity contribution < 1.29 is 9.53 Å². The zero-order valence-electron chi connectivity index (χ0n) is 15.6. The monoisotopic (exact) mass is 340 g/mol.